The molecule has 0 fully saturated rings. The Hall–Kier alpha value is 0.650. The Balaban J connectivity index is 4.70. The fraction of sp³-hybridized carbons (Fsp3) is 1.00. The summed E-state index contributed by atoms with van der Waals surface area (Å²) in [5.74, 6) is 0.596. The molecule has 6 nitrogen and oxygen atoms in total. The summed E-state index contributed by atoms with van der Waals surface area (Å²) >= 11 is 0. The van der Waals surface area contributed by atoms with E-state index in [0.717, 1.165) is 12.2 Å². The van der Waals surface area contributed by atoms with Crippen molar-refractivity contribution < 1.29 is 28.7 Å². The van der Waals surface area contributed by atoms with Crippen molar-refractivity contribution in [1.29, 1.82) is 0 Å². The first-order valence-electron chi connectivity index (χ1n) is 4.28. The van der Waals surface area contributed by atoms with E-state index in [2.05, 4.69) is 0 Å². The monoisotopic (exact) mass is 279 g/mol. The Bertz CT molecular complexity index is 261. The van der Waals surface area contributed by atoms with Crippen LogP contribution in [0.15, 0.2) is 0 Å². The van der Waals surface area contributed by atoms with Crippen LogP contribution in [0.4, 0.5) is 0 Å². The van der Waals surface area contributed by atoms with Crippen LogP contribution < -0.4 is 0 Å². The van der Waals surface area contributed by atoms with E-state index in [1.165, 1.54) is 0 Å². The standard InChI is InChI=1S/C6H16O6P2S/c1-3-4-15(2)5-6(13(7,8)9)14(10,11)12/h6H,3-5H2,1-2H3,(H3-,7,8,9,10,11,12)/p+1. The second-order valence-corrected chi connectivity index (χ2v) is 9.63. The molecular formula is C6H17O6P2S+. The first kappa shape index (κ1) is 15.7. The van der Waals surface area contributed by atoms with Gasteiger partial charge < -0.3 is 19.6 Å². The first-order valence-corrected chi connectivity index (χ1v) is 9.62. The highest BCUT2D eigenvalue weighted by molar-refractivity contribution is 7.97. The van der Waals surface area contributed by atoms with E-state index >= 15 is 0 Å². The highest BCUT2D eigenvalue weighted by Crippen LogP contribution is 2.60. The SMILES string of the molecule is CCC[S+](C)CC(P(=O)(O)O)P(=O)(O)O. The first-order chi connectivity index (χ1) is 6.59. The van der Waals surface area contributed by atoms with Crippen molar-refractivity contribution in [3.8, 4) is 0 Å². The van der Waals surface area contributed by atoms with Gasteiger partial charge in [0.15, 0.2) is 0 Å². The van der Waals surface area contributed by atoms with Crippen molar-refractivity contribution in [3.63, 3.8) is 0 Å². The van der Waals surface area contributed by atoms with E-state index in [1.54, 1.807) is 6.26 Å². The summed E-state index contributed by atoms with van der Waals surface area (Å²) in [5, 5.41) is -1.84. The molecular weight excluding hydrogens is 262 g/mol. The molecule has 9 heteroatoms. The van der Waals surface area contributed by atoms with Crippen molar-refractivity contribution in [2.24, 2.45) is 0 Å². The van der Waals surface area contributed by atoms with Gasteiger partial charge in [-0.15, -0.1) is 0 Å². The average molecular weight is 279 g/mol. The quantitative estimate of drug-likeness (QED) is 0.411. The molecule has 0 heterocycles. The molecule has 0 aliphatic rings. The van der Waals surface area contributed by atoms with E-state index < -0.39 is 20.6 Å². The minimum absolute atomic E-state index is 0.123. The molecule has 0 radical (unpaired) electrons. The minimum Gasteiger partial charge on any atom is -0.324 e. The van der Waals surface area contributed by atoms with Crippen LogP contribution in [-0.2, 0) is 20.0 Å². The van der Waals surface area contributed by atoms with Crippen LogP contribution >= 0.6 is 15.2 Å². The van der Waals surface area contributed by atoms with Gasteiger partial charge in [-0.1, -0.05) is 6.92 Å². The van der Waals surface area contributed by atoms with Crippen LogP contribution in [0.3, 0.4) is 0 Å². The van der Waals surface area contributed by atoms with Gasteiger partial charge in [-0.25, -0.2) is 0 Å². The summed E-state index contributed by atoms with van der Waals surface area (Å²) < 4.78 is 21.8. The van der Waals surface area contributed by atoms with E-state index in [1.807, 2.05) is 6.92 Å². The van der Waals surface area contributed by atoms with Gasteiger partial charge in [-0.2, -0.15) is 0 Å². The molecule has 0 spiro atoms. The average Bonchev–Trinajstić information content (AvgIpc) is 1.96. The summed E-state index contributed by atoms with van der Waals surface area (Å²) in [5.41, 5.74) is 0. The van der Waals surface area contributed by atoms with Crippen LogP contribution in [0, 0.1) is 0 Å². The van der Waals surface area contributed by atoms with Crippen molar-refractivity contribution >= 4 is 26.1 Å². The van der Waals surface area contributed by atoms with Crippen molar-refractivity contribution in [3.05, 3.63) is 0 Å². The van der Waals surface area contributed by atoms with E-state index in [9.17, 15) is 9.13 Å². The van der Waals surface area contributed by atoms with Crippen LogP contribution in [0.1, 0.15) is 13.3 Å². The predicted molar refractivity (Wildman–Crippen MR) is 61.2 cm³/mol. The zero-order chi connectivity index (χ0) is 12.3. The lowest BCUT2D eigenvalue weighted by atomic mass is 10.6. The van der Waals surface area contributed by atoms with Gasteiger partial charge in [0, 0.05) is 0 Å². The molecule has 0 amide bonds. The van der Waals surface area contributed by atoms with Crippen molar-refractivity contribution in [2.45, 2.75) is 18.7 Å². The zero-order valence-corrected chi connectivity index (χ0v) is 11.2. The van der Waals surface area contributed by atoms with Gasteiger partial charge in [-0.05, 0) is 17.3 Å². The molecule has 1 atom stereocenters. The molecule has 0 aromatic heterocycles. The third-order valence-electron chi connectivity index (χ3n) is 1.76. The lowest BCUT2D eigenvalue weighted by Gasteiger charge is -2.18. The highest BCUT2D eigenvalue weighted by atomic mass is 32.2. The van der Waals surface area contributed by atoms with Crippen LogP contribution in [0.25, 0.3) is 0 Å². The molecule has 0 saturated carbocycles. The summed E-state index contributed by atoms with van der Waals surface area (Å²) in [6.07, 6.45) is 2.58. The van der Waals surface area contributed by atoms with E-state index in [0.29, 0.717) is 0 Å². The van der Waals surface area contributed by atoms with Gasteiger partial charge in [0.2, 0.25) is 5.40 Å². The molecule has 0 saturated heterocycles. The third kappa shape index (κ3) is 6.07. The summed E-state index contributed by atoms with van der Waals surface area (Å²) in [6, 6.07) is 0. The molecule has 0 bridgehead atoms. The Morgan fingerprint density at radius 2 is 1.53 bits per heavy atom. The van der Waals surface area contributed by atoms with Gasteiger partial charge in [0.1, 0.15) is 11.5 Å². The summed E-state index contributed by atoms with van der Waals surface area (Å²) in [6.45, 7) is 1.91. The largest absolute Gasteiger partial charge is 0.345 e. The summed E-state index contributed by atoms with van der Waals surface area (Å²) in [4.78, 5) is 35.4. The second kappa shape index (κ2) is 5.82. The Labute approximate surface area is 91.8 Å². The Morgan fingerprint density at radius 1 is 1.13 bits per heavy atom. The number of hydrogen-bond acceptors (Lipinski definition) is 2. The topological polar surface area (TPSA) is 115 Å². The summed E-state index contributed by atoms with van der Waals surface area (Å²) in [7, 11) is -9.84. The fourth-order valence-corrected chi connectivity index (χ4v) is 7.10. The number of rotatable bonds is 6. The number of hydrogen-bond donors (Lipinski definition) is 4. The predicted octanol–water partition coefficient (Wildman–Crippen LogP) is 0.326. The smallest absolute Gasteiger partial charge is 0.324 e. The molecule has 0 rings (SSSR count). The van der Waals surface area contributed by atoms with Crippen molar-refractivity contribution in [2.75, 3.05) is 17.8 Å². The maximum atomic E-state index is 10.9. The van der Waals surface area contributed by atoms with Gasteiger partial charge in [-0.3, -0.25) is 9.13 Å². The van der Waals surface area contributed by atoms with Crippen LogP contribution in [-0.4, -0.2) is 42.7 Å². The maximum Gasteiger partial charge on any atom is 0.345 e. The van der Waals surface area contributed by atoms with Gasteiger partial charge in [0.05, 0.1) is 6.26 Å². The van der Waals surface area contributed by atoms with E-state index in [4.69, 9.17) is 19.6 Å². The molecule has 15 heavy (non-hydrogen) atoms. The molecule has 0 aromatic carbocycles. The van der Waals surface area contributed by atoms with Crippen LogP contribution in [0.2, 0.25) is 0 Å². The molecule has 0 aromatic rings. The maximum absolute atomic E-state index is 10.9. The lowest BCUT2D eigenvalue weighted by molar-refractivity contribution is 0.342. The normalized spacial score (nSPS) is 15.7. The van der Waals surface area contributed by atoms with Crippen LogP contribution in [0.5, 0.6) is 0 Å². The zero-order valence-electron chi connectivity index (χ0n) is 8.61. The fourth-order valence-electron chi connectivity index (χ4n) is 1.08. The minimum atomic E-state index is -4.73. The van der Waals surface area contributed by atoms with Gasteiger partial charge in [0.25, 0.3) is 0 Å². The molecule has 92 valence electrons. The highest BCUT2D eigenvalue weighted by Gasteiger charge is 2.47. The van der Waals surface area contributed by atoms with Gasteiger partial charge >= 0.3 is 15.2 Å². The second-order valence-electron chi connectivity index (χ2n) is 3.31. The molecule has 4 N–H and O–H groups in total. The third-order valence-corrected chi connectivity index (χ3v) is 7.99. The Kier molecular flexibility index (Phi) is 6.08. The molecule has 1 unspecified atom stereocenters. The lowest BCUT2D eigenvalue weighted by Crippen LogP contribution is -2.23. The Morgan fingerprint density at radius 3 is 1.80 bits per heavy atom. The van der Waals surface area contributed by atoms with E-state index in [-0.39, 0.29) is 16.6 Å². The van der Waals surface area contributed by atoms with Crippen molar-refractivity contribution in [1.82, 2.24) is 0 Å². The molecule has 0 aliphatic carbocycles. The molecule has 0 aliphatic heterocycles.